The lowest BCUT2D eigenvalue weighted by Crippen LogP contribution is -2.63. The first-order valence-electron chi connectivity index (χ1n) is 7.67. The average Bonchev–Trinajstić information content (AvgIpc) is 2.44. The van der Waals surface area contributed by atoms with Crippen molar-refractivity contribution in [3.63, 3.8) is 0 Å². The molecule has 1 saturated carbocycles. The van der Waals surface area contributed by atoms with E-state index >= 15 is 0 Å². The Morgan fingerprint density at radius 3 is 2.80 bits per heavy atom. The van der Waals surface area contributed by atoms with Crippen LogP contribution in [-0.2, 0) is 0 Å². The summed E-state index contributed by atoms with van der Waals surface area (Å²) in [6.07, 6.45) is 3.60. The molecule has 112 valence electrons. The number of aryl methyl sites for hydroxylation is 1. The standard InChI is InChI=1S/C17H26ClNO/c1-5-9-19-15-11-16(17(15,4)6-2)20-14-10-12(3)7-8-13(14)18/h7-8,10,15-16,19H,5-6,9,11H2,1-4H3. The number of benzene rings is 1. The quantitative estimate of drug-likeness (QED) is 0.829. The fourth-order valence-corrected chi connectivity index (χ4v) is 3.12. The van der Waals surface area contributed by atoms with Gasteiger partial charge in [-0.3, -0.25) is 0 Å². The number of nitrogens with one attached hydrogen (secondary N) is 1. The summed E-state index contributed by atoms with van der Waals surface area (Å²) in [6, 6.07) is 6.52. The summed E-state index contributed by atoms with van der Waals surface area (Å²) in [4.78, 5) is 0. The van der Waals surface area contributed by atoms with Crippen molar-refractivity contribution in [2.75, 3.05) is 6.54 Å². The van der Waals surface area contributed by atoms with Gasteiger partial charge in [0.15, 0.2) is 0 Å². The van der Waals surface area contributed by atoms with Crippen LogP contribution in [0.5, 0.6) is 5.75 Å². The highest BCUT2D eigenvalue weighted by Crippen LogP contribution is 2.46. The molecule has 0 bridgehead atoms. The SMILES string of the molecule is CCCNC1CC(Oc2cc(C)ccc2Cl)C1(C)CC. The van der Waals surface area contributed by atoms with Crippen LogP contribution >= 0.6 is 11.6 Å². The van der Waals surface area contributed by atoms with Gasteiger partial charge in [-0.2, -0.15) is 0 Å². The molecule has 0 aliphatic heterocycles. The molecule has 1 aliphatic carbocycles. The fraction of sp³-hybridized carbons (Fsp3) is 0.647. The molecule has 2 nitrogen and oxygen atoms in total. The maximum Gasteiger partial charge on any atom is 0.138 e. The van der Waals surface area contributed by atoms with Crippen molar-refractivity contribution in [3.05, 3.63) is 28.8 Å². The van der Waals surface area contributed by atoms with Crippen LogP contribution in [0.3, 0.4) is 0 Å². The highest BCUT2D eigenvalue weighted by Gasteiger charge is 2.51. The lowest BCUT2D eigenvalue weighted by molar-refractivity contribution is -0.0700. The normalized spacial score (nSPS) is 29.1. The van der Waals surface area contributed by atoms with Gasteiger partial charge in [0.05, 0.1) is 5.02 Å². The molecule has 0 radical (unpaired) electrons. The van der Waals surface area contributed by atoms with Gasteiger partial charge in [-0.1, -0.05) is 38.4 Å². The van der Waals surface area contributed by atoms with Crippen molar-refractivity contribution in [2.45, 2.75) is 59.1 Å². The summed E-state index contributed by atoms with van der Waals surface area (Å²) in [7, 11) is 0. The van der Waals surface area contributed by atoms with Crippen LogP contribution in [-0.4, -0.2) is 18.7 Å². The smallest absolute Gasteiger partial charge is 0.138 e. The number of hydrogen-bond acceptors (Lipinski definition) is 2. The van der Waals surface area contributed by atoms with E-state index in [1.807, 2.05) is 18.2 Å². The zero-order valence-electron chi connectivity index (χ0n) is 13.0. The van der Waals surface area contributed by atoms with Gasteiger partial charge in [-0.15, -0.1) is 0 Å². The zero-order valence-corrected chi connectivity index (χ0v) is 13.8. The largest absolute Gasteiger partial charge is 0.488 e. The highest BCUT2D eigenvalue weighted by atomic mass is 35.5. The van der Waals surface area contributed by atoms with Crippen LogP contribution in [0.2, 0.25) is 5.02 Å². The molecule has 0 saturated heterocycles. The molecule has 0 amide bonds. The first kappa shape index (κ1) is 15.7. The highest BCUT2D eigenvalue weighted by molar-refractivity contribution is 6.32. The summed E-state index contributed by atoms with van der Waals surface area (Å²) in [5, 5.41) is 4.35. The molecule has 3 heteroatoms. The van der Waals surface area contributed by atoms with Crippen molar-refractivity contribution >= 4 is 11.6 Å². The number of halogens is 1. The van der Waals surface area contributed by atoms with Gasteiger partial charge in [0.25, 0.3) is 0 Å². The van der Waals surface area contributed by atoms with Crippen LogP contribution in [0.25, 0.3) is 0 Å². The lowest BCUT2D eigenvalue weighted by Gasteiger charge is -2.53. The van der Waals surface area contributed by atoms with Crippen molar-refractivity contribution in [2.24, 2.45) is 5.41 Å². The Kier molecular flexibility index (Phi) is 4.98. The minimum Gasteiger partial charge on any atom is -0.488 e. The Hall–Kier alpha value is -0.730. The maximum atomic E-state index is 6.24. The van der Waals surface area contributed by atoms with Crippen LogP contribution in [0, 0.1) is 12.3 Å². The van der Waals surface area contributed by atoms with Gasteiger partial charge < -0.3 is 10.1 Å². The van der Waals surface area contributed by atoms with Crippen molar-refractivity contribution in [3.8, 4) is 5.75 Å². The molecule has 3 unspecified atom stereocenters. The number of hydrogen-bond donors (Lipinski definition) is 1. The number of rotatable bonds is 6. The van der Waals surface area contributed by atoms with Crippen molar-refractivity contribution in [1.82, 2.24) is 5.32 Å². The van der Waals surface area contributed by atoms with Crippen LogP contribution in [0.4, 0.5) is 0 Å². The first-order valence-corrected chi connectivity index (χ1v) is 8.05. The molecule has 1 fully saturated rings. The predicted molar refractivity (Wildman–Crippen MR) is 85.7 cm³/mol. The second kappa shape index (κ2) is 6.36. The van der Waals surface area contributed by atoms with Crippen LogP contribution in [0.1, 0.15) is 45.6 Å². The summed E-state index contributed by atoms with van der Waals surface area (Å²) < 4.78 is 6.21. The molecule has 20 heavy (non-hydrogen) atoms. The third-order valence-corrected chi connectivity index (χ3v) is 5.05. The van der Waals surface area contributed by atoms with Gasteiger partial charge in [0.2, 0.25) is 0 Å². The Balaban J connectivity index is 2.05. The molecule has 2 rings (SSSR count). The summed E-state index contributed by atoms with van der Waals surface area (Å²) in [5.74, 6) is 0.824. The number of ether oxygens (including phenoxy) is 1. The molecule has 0 aromatic heterocycles. The van der Waals surface area contributed by atoms with Gasteiger partial charge in [0.1, 0.15) is 11.9 Å². The Labute approximate surface area is 127 Å². The van der Waals surface area contributed by atoms with Gasteiger partial charge in [-0.05, 0) is 44.0 Å². The van der Waals surface area contributed by atoms with Gasteiger partial charge in [-0.25, -0.2) is 0 Å². The molecule has 1 N–H and O–H groups in total. The molecule has 0 heterocycles. The average molecular weight is 296 g/mol. The predicted octanol–water partition coefficient (Wildman–Crippen LogP) is 4.58. The molecule has 1 aromatic carbocycles. The van der Waals surface area contributed by atoms with E-state index in [2.05, 4.69) is 33.0 Å². The summed E-state index contributed by atoms with van der Waals surface area (Å²) in [5.41, 5.74) is 1.38. The minimum absolute atomic E-state index is 0.197. The summed E-state index contributed by atoms with van der Waals surface area (Å²) in [6.45, 7) is 9.91. The topological polar surface area (TPSA) is 21.3 Å². The monoisotopic (exact) mass is 295 g/mol. The molecule has 3 atom stereocenters. The third kappa shape index (κ3) is 2.96. The van der Waals surface area contributed by atoms with Gasteiger partial charge in [0, 0.05) is 17.9 Å². The molecule has 1 aliphatic rings. The van der Waals surface area contributed by atoms with Crippen molar-refractivity contribution in [1.29, 1.82) is 0 Å². The van der Waals surface area contributed by atoms with E-state index in [0.717, 1.165) is 25.1 Å². The van der Waals surface area contributed by atoms with E-state index in [9.17, 15) is 0 Å². The molecular weight excluding hydrogens is 270 g/mol. The van der Waals surface area contributed by atoms with E-state index in [-0.39, 0.29) is 11.5 Å². The zero-order chi connectivity index (χ0) is 14.8. The maximum absolute atomic E-state index is 6.24. The Bertz CT molecular complexity index is 462. The first-order chi connectivity index (χ1) is 9.51. The van der Waals surface area contributed by atoms with Crippen LogP contribution in [0.15, 0.2) is 18.2 Å². The van der Waals surface area contributed by atoms with Crippen molar-refractivity contribution < 1.29 is 4.74 Å². The molecule has 0 spiro atoms. The second-order valence-electron chi connectivity index (χ2n) is 6.14. The van der Waals surface area contributed by atoms with Gasteiger partial charge >= 0.3 is 0 Å². The Morgan fingerprint density at radius 2 is 2.15 bits per heavy atom. The second-order valence-corrected chi connectivity index (χ2v) is 6.55. The van der Waals surface area contributed by atoms with E-state index in [4.69, 9.17) is 16.3 Å². The van der Waals surface area contributed by atoms with E-state index < -0.39 is 0 Å². The molecule has 1 aromatic rings. The van der Waals surface area contributed by atoms with E-state index in [0.29, 0.717) is 11.1 Å². The molecular formula is C17H26ClNO. The van der Waals surface area contributed by atoms with E-state index in [1.54, 1.807) is 0 Å². The Morgan fingerprint density at radius 1 is 1.40 bits per heavy atom. The van der Waals surface area contributed by atoms with E-state index in [1.165, 1.54) is 12.0 Å². The van der Waals surface area contributed by atoms with Crippen LogP contribution < -0.4 is 10.1 Å². The third-order valence-electron chi connectivity index (χ3n) is 4.74. The summed E-state index contributed by atoms with van der Waals surface area (Å²) >= 11 is 6.24. The fourth-order valence-electron chi connectivity index (χ4n) is 2.96. The lowest BCUT2D eigenvalue weighted by atomic mass is 9.61. The minimum atomic E-state index is 0.197.